The third kappa shape index (κ3) is 4.51. The van der Waals surface area contributed by atoms with Gasteiger partial charge in [-0.15, -0.1) is 0 Å². The molecule has 0 unspecified atom stereocenters. The zero-order valence-electron chi connectivity index (χ0n) is 12.4. The van der Waals surface area contributed by atoms with Crippen LogP contribution in [0.25, 0.3) is 0 Å². The molecule has 1 N–H and O–H groups in total. The Morgan fingerprint density at radius 2 is 2.16 bits per heavy atom. The molecule has 3 heteroatoms. The average Bonchev–Trinajstić information content (AvgIpc) is 2.83. The van der Waals surface area contributed by atoms with Crippen molar-refractivity contribution in [2.45, 2.75) is 32.7 Å². The van der Waals surface area contributed by atoms with E-state index >= 15 is 0 Å². The first-order valence-electron chi connectivity index (χ1n) is 7.31. The van der Waals surface area contributed by atoms with Crippen LogP contribution < -0.4 is 10.1 Å². The number of nitrogens with zero attached hydrogens (tertiary/aromatic N) is 1. The molecule has 0 atom stereocenters. The predicted octanol–water partition coefficient (Wildman–Crippen LogP) is 2.09. The Morgan fingerprint density at radius 1 is 1.32 bits per heavy atom. The lowest BCUT2D eigenvalue weighted by molar-refractivity contribution is 0.331. The van der Waals surface area contributed by atoms with E-state index in [4.69, 9.17) is 4.74 Å². The molecule has 106 valence electrons. The molecule has 3 nitrogen and oxygen atoms in total. The topological polar surface area (TPSA) is 24.5 Å². The molecule has 2 rings (SSSR count). The van der Waals surface area contributed by atoms with Gasteiger partial charge < -0.3 is 15.0 Å². The number of benzene rings is 1. The summed E-state index contributed by atoms with van der Waals surface area (Å²) in [4.78, 5) is 2.39. The van der Waals surface area contributed by atoms with Crippen LogP contribution in [0.3, 0.4) is 0 Å². The molecule has 1 aromatic rings. The molecule has 0 amide bonds. The number of ether oxygens (including phenoxy) is 1. The van der Waals surface area contributed by atoms with Crippen molar-refractivity contribution in [2.75, 3.05) is 33.3 Å². The van der Waals surface area contributed by atoms with Gasteiger partial charge in [-0.05, 0) is 30.7 Å². The van der Waals surface area contributed by atoms with Gasteiger partial charge in [-0.1, -0.05) is 26.0 Å². The summed E-state index contributed by atoms with van der Waals surface area (Å²) in [6, 6.07) is 7.20. The van der Waals surface area contributed by atoms with Gasteiger partial charge in [0.2, 0.25) is 0 Å². The average molecular weight is 262 g/mol. The highest BCUT2D eigenvalue weighted by atomic mass is 16.5. The SMILES string of the molecule is CC(C)NCCN(C)CCc1ccc2c(c1)CCO2. The van der Waals surface area contributed by atoms with Gasteiger partial charge in [0.15, 0.2) is 0 Å². The lowest BCUT2D eigenvalue weighted by Gasteiger charge is -2.18. The molecule has 0 saturated heterocycles. The monoisotopic (exact) mass is 262 g/mol. The Hall–Kier alpha value is -1.06. The van der Waals surface area contributed by atoms with Crippen LogP contribution in [0.1, 0.15) is 25.0 Å². The third-order valence-electron chi connectivity index (χ3n) is 3.58. The van der Waals surface area contributed by atoms with E-state index in [9.17, 15) is 0 Å². The van der Waals surface area contributed by atoms with E-state index in [0.717, 1.165) is 44.8 Å². The molecule has 0 bridgehead atoms. The number of likely N-dealkylation sites (N-methyl/N-ethyl adjacent to an activating group) is 1. The highest BCUT2D eigenvalue weighted by molar-refractivity contribution is 5.39. The first-order chi connectivity index (χ1) is 9.15. The minimum Gasteiger partial charge on any atom is -0.493 e. The van der Waals surface area contributed by atoms with E-state index in [-0.39, 0.29) is 0 Å². The van der Waals surface area contributed by atoms with Gasteiger partial charge in [0.1, 0.15) is 5.75 Å². The second-order valence-corrected chi connectivity index (χ2v) is 5.70. The molecular weight excluding hydrogens is 236 g/mol. The van der Waals surface area contributed by atoms with Crippen molar-refractivity contribution in [2.24, 2.45) is 0 Å². The molecule has 1 heterocycles. The van der Waals surface area contributed by atoms with Crippen molar-refractivity contribution in [1.82, 2.24) is 10.2 Å². The zero-order chi connectivity index (χ0) is 13.7. The maximum absolute atomic E-state index is 5.54. The molecule has 0 saturated carbocycles. The lowest BCUT2D eigenvalue weighted by atomic mass is 10.1. The molecule has 19 heavy (non-hydrogen) atoms. The molecular formula is C16H26N2O. The van der Waals surface area contributed by atoms with Crippen molar-refractivity contribution in [3.8, 4) is 5.75 Å². The van der Waals surface area contributed by atoms with Crippen LogP contribution in [-0.4, -0.2) is 44.2 Å². The van der Waals surface area contributed by atoms with Gasteiger partial charge >= 0.3 is 0 Å². The first kappa shape index (κ1) is 14.4. The highest BCUT2D eigenvalue weighted by Gasteiger charge is 2.11. The van der Waals surface area contributed by atoms with Crippen LogP contribution in [0.4, 0.5) is 0 Å². The standard InChI is InChI=1S/C16H26N2O/c1-13(2)17-8-10-18(3)9-6-14-4-5-16-15(12-14)7-11-19-16/h4-5,12-13,17H,6-11H2,1-3H3. The van der Waals surface area contributed by atoms with E-state index in [1.807, 2.05) is 0 Å². The van der Waals surface area contributed by atoms with Gasteiger partial charge in [0, 0.05) is 32.1 Å². The number of hydrogen-bond acceptors (Lipinski definition) is 3. The summed E-state index contributed by atoms with van der Waals surface area (Å²) in [5, 5.41) is 3.45. The van der Waals surface area contributed by atoms with Crippen LogP contribution in [-0.2, 0) is 12.8 Å². The van der Waals surface area contributed by atoms with Crippen molar-refractivity contribution in [3.63, 3.8) is 0 Å². The Morgan fingerprint density at radius 3 is 2.95 bits per heavy atom. The summed E-state index contributed by atoms with van der Waals surface area (Å²) >= 11 is 0. The summed E-state index contributed by atoms with van der Waals surface area (Å²) in [5.74, 6) is 1.08. The quantitative estimate of drug-likeness (QED) is 0.814. The fourth-order valence-electron chi connectivity index (χ4n) is 2.37. The molecule has 1 aliphatic rings. The van der Waals surface area contributed by atoms with Crippen molar-refractivity contribution in [3.05, 3.63) is 29.3 Å². The molecule has 1 aliphatic heterocycles. The minimum atomic E-state index is 0.574. The summed E-state index contributed by atoms with van der Waals surface area (Å²) in [7, 11) is 2.19. The second kappa shape index (κ2) is 6.92. The van der Waals surface area contributed by atoms with Crippen LogP contribution in [0.2, 0.25) is 0 Å². The minimum absolute atomic E-state index is 0.574. The summed E-state index contributed by atoms with van der Waals surface area (Å²) in [5.41, 5.74) is 2.80. The Labute approximate surface area is 116 Å². The van der Waals surface area contributed by atoms with Gasteiger partial charge in [-0.25, -0.2) is 0 Å². The predicted molar refractivity (Wildman–Crippen MR) is 80.0 cm³/mol. The van der Waals surface area contributed by atoms with Crippen molar-refractivity contribution < 1.29 is 4.74 Å². The van der Waals surface area contributed by atoms with E-state index in [0.29, 0.717) is 6.04 Å². The zero-order valence-corrected chi connectivity index (χ0v) is 12.4. The Kier molecular flexibility index (Phi) is 5.23. The van der Waals surface area contributed by atoms with Gasteiger partial charge in [-0.3, -0.25) is 0 Å². The van der Waals surface area contributed by atoms with Crippen molar-refractivity contribution in [1.29, 1.82) is 0 Å². The fourth-order valence-corrected chi connectivity index (χ4v) is 2.37. The largest absolute Gasteiger partial charge is 0.493 e. The number of nitrogens with one attached hydrogen (secondary N) is 1. The molecule has 0 spiro atoms. The number of fused-ring (bicyclic) bond motifs is 1. The van der Waals surface area contributed by atoms with E-state index < -0.39 is 0 Å². The fraction of sp³-hybridized carbons (Fsp3) is 0.625. The smallest absolute Gasteiger partial charge is 0.122 e. The normalized spacial score (nSPS) is 13.9. The third-order valence-corrected chi connectivity index (χ3v) is 3.58. The van der Waals surface area contributed by atoms with E-state index in [2.05, 4.69) is 49.3 Å². The summed E-state index contributed by atoms with van der Waals surface area (Å²) < 4.78 is 5.54. The Balaban J connectivity index is 1.73. The Bertz CT molecular complexity index is 404. The highest BCUT2D eigenvalue weighted by Crippen LogP contribution is 2.25. The van der Waals surface area contributed by atoms with E-state index in [1.165, 1.54) is 11.1 Å². The molecule has 0 radical (unpaired) electrons. The first-order valence-corrected chi connectivity index (χ1v) is 7.31. The molecule has 0 fully saturated rings. The van der Waals surface area contributed by atoms with Gasteiger partial charge in [0.25, 0.3) is 0 Å². The molecule has 0 aliphatic carbocycles. The second-order valence-electron chi connectivity index (χ2n) is 5.70. The number of hydrogen-bond donors (Lipinski definition) is 1. The van der Waals surface area contributed by atoms with Crippen LogP contribution >= 0.6 is 0 Å². The molecule has 0 aromatic heterocycles. The number of rotatable bonds is 7. The summed E-state index contributed by atoms with van der Waals surface area (Å²) in [6.07, 6.45) is 2.18. The maximum Gasteiger partial charge on any atom is 0.122 e. The van der Waals surface area contributed by atoms with Gasteiger partial charge in [0.05, 0.1) is 6.61 Å². The van der Waals surface area contributed by atoms with Crippen LogP contribution in [0.15, 0.2) is 18.2 Å². The lowest BCUT2D eigenvalue weighted by Crippen LogP contribution is -2.33. The van der Waals surface area contributed by atoms with E-state index in [1.54, 1.807) is 0 Å². The summed E-state index contributed by atoms with van der Waals surface area (Å²) in [6.45, 7) is 8.50. The van der Waals surface area contributed by atoms with Crippen LogP contribution in [0, 0.1) is 0 Å². The van der Waals surface area contributed by atoms with Crippen LogP contribution in [0.5, 0.6) is 5.75 Å². The van der Waals surface area contributed by atoms with Gasteiger partial charge in [-0.2, -0.15) is 0 Å². The molecule has 1 aromatic carbocycles. The van der Waals surface area contributed by atoms with Crippen molar-refractivity contribution >= 4 is 0 Å². The maximum atomic E-state index is 5.54.